The highest BCUT2D eigenvalue weighted by Crippen LogP contribution is 1.90. The summed E-state index contributed by atoms with van der Waals surface area (Å²) in [5.74, 6) is 0.490. The SMILES string of the molecule is Cc1nnnn1C(=O)N(C)C. The first-order valence-corrected chi connectivity index (χ1v) is 3.09. The monoisotopic (exact) mass is 155 g/mol. The van der Waals surface area contributed by atoms with Gasteiger partial charge in [0.15, 0.2) is 5.82 Å². The highest BCUT2D eigenvalue weighted by molar-refractivity contribution is 5.75. The smallest absolute Gasteiger partial charge is 0.329 e. The predicted octanol–water partition coefficient (Wildman–Crippen LogP) is -0.489. The van der Waals surface area contributed by atoms with Gasteiger partial charge in [-0.2, -0.15) is 0 Å². The molecular weight excluding hydrogens is 146 g/mol. The van der Waals surface area contributed by atoms with Gasteiger partial charge in [-0.1, -0.05) is 0 Å². The topological polar surface area (TPSA) is 63.9 Å². The lowest BCUT2D eigenvalue weighted by atomic mass is 10.7. The molecule has 1 rings (SSSR count). The average molecular weight is 155 g/mol. The van der Waals surface area contributed by atoms with E-state index in [1.165, 1.54) is 4.90 Å². The van der Waals surface area contributed by atoms with Crippen LogP contribution >= 0.6 is 0 Å². The highest BCUT2D eigenvalue weighted by atomic mass is 16.2. The Morgan fingerprint density at radius 2 is 2.18 bits per heavy atom. The minimum atomic E-state index is -0.243. The molecule has 0 spiro atoms. The van der Waals surface area contributed by atoms with Crippen LogP contribution in [0.1, 0.15) is 5.82 Å². The number of hydrogen-bond donors (Lipinski definition) is 0. The molecule has 1 heterocycles. The standard InChI is InChI=1S/C5H9N5O/c1-4-6-7-8-10(4)5(11)9(2)3/h1-3H3. The first-order chi connectivity index (χ1) is 5.13. The summed E-state index contributed by atoms with van der Waals surface area (Å²) in [7, 11) is 3.28. The Kier molecular flexibility index (Phi) is 1.84. The number of rotatable bonds is 0. The molecule has 6 heteroatoms. The quantitative estimate of drug-likeness (QED) is 0.474. The molecule has 0 saturated heterocycles. The van der Waals surface area contributed by atoms with E-state index in [0.717, 1.165) is 4.68 Å². The summed E-state index contributed by atoms with van der Waals surface area (Å²) in [6.07, 6.45) is 0. The highest BCUT2D eigenvalue weighted by Gasteiger charge is 2.10. The lowest BCUT2D eigenvalue weighted by Crippen LogP contribution is -2.29. The molecule has 0 unspecified atom stereocenters. The van der Waals surface area contributed by atoms with Gasteiger partial charge in [-0.25, -0.2) is 4.79 Å². The van der Waals surface area contributed by atoms with Gasteiger partial charge in [-0.15, -0.1) is 9.78 Å². The largest absolute Gasteiger partial charge is 0.347 e. The summed E-state index contributed by atoms with van der Waals surface area (Å²) in [5.41, 5.74) is 0. The van der Waals surface area contributed by atoms with E-state index >= 15 is 0 Å². The van der Waals surface area contributed by atoms with Crippen molar-refractivity contribution in [1.29, 1.82) is 0 Å². The van der Waals surface area contributed by atoms with E-state index < -0.39 is 0 Å². The van der Waals surface area contributed by atoms with E-state index in [1.54, 1.807) is 21.0 Å². The summed E-state index contributed by atoms with van der Waals surface area (Å²) < 4.78 is 1.14. The fourth-order valence-corrected chi connectivity index (χ4v) is 0.598. The van der Waals surface area contributed by atoms with Crippen LogP contribution in [0.15, 0.2) is 0 Å². The zero-order chi connectivity index (χ0) is 8.43. The minimum absolute atomic E-state index is 0.243. The second kappa shape index (κ2) is 2.65. The van der Waals surface area contributed by atoms with Gasteiger partial charge in [0.2, 0.25) is 0 Å². The Hall–Kier alpha value is -1.46. The molecule has 1 amide bonds. The second-order valence-corrected chi connectivity index (χ2v) is 2.31. The molecule has 0 saturated carbocycles. The molecule has 11 heavy (non-hydrogen) atoms. The third-order valence-electron chi connectivity index (χ3n) is 1.19. The number of carbonyl (C=O) groups excluding carboxylic acids is 1. The molecule has 0 N–H and O–H groups in total. The average Bonchev–Trinajstić information content (AvgIpc) is 2.33. The molecule has 1 aromatic rings. The van der Waals surface area contributed by atoms with E-state index in [0.29, 0.717) is 5.82 Å². The number of nitrogens with zero attached hydrogens (tertiary/aromatic N) is 5. The second-order valence-electron chi connectivity index (χ2n) is 2.31. The van der Waals surface area contributed by atoms with Gasteiger partial charge >= 0.3 is 6.03 Å². The molecule has 0 aromatic carbocycles. The number of carbonyl (C=O) groups is 1. The number of aromatic nitrogens is 4. The van der Waals surface area contributed by atoms with Crippen molar-refractivity contribution in [3.8, 4) is 0 Å². The number of amides is 1. The maximum Gasteiger partial charge on any atom is 0.347 e. The van der Waals surface area contributed by atoms with Crippen LogP contribution in [-0.2, 0) is 0 Å². The lowest BCUT2D eigenvalue weighted by molar-refractivity contribution is 0.214. The van der Waals surface area contributed by atoms with Crippen molar-refractivity contribution < 1.29 is 4.79 Å². The fraction of sp³-hybridized carbons (Fsp3) is 0.600. The summed E-state index contributed by atoms with van der Waals surface area (Å²) in [5, 5.41) is 10.4. The van der Waals surface area contributed by atoms with Crippen LogP contribution in [0.2, 0.25) is 0 Å². The van der Waals surface area contributed by atoms with Crippen LogP contribution in [0.5, 0.6) is 0 Å². The third kappa shape index (κ3) is 1.34. The molecule has 1 aromatic heterocycles. The van der Waals surface area contributed by atoms with Crippen LogP contribution in [0.3, 0.4) is 0 Å². The lowest BCUT2D eigenvalue weighted by Gasteiger charge is -2.08. The van der Waals surface area contributed by atoms with Crippen LogP contribution < -0.4 is 0 Å². The van der Waals surface area contributed by atoms with Gasteiger partial charge in [-0.3, -0.25) is 0 Å². The third-order valence-corrected chi connectivity index (χ3v) is 1.19. The van der Waals surface area contributed by atoms with Gasteiger partial charge in [0.1, 0.15) is 0 Å². The summed E-state index contributed by atoms with van der Waals surface area (Å²) >= 11 is 0. The normalized spacial score (nSPS) is 9.73. The van der Waals surface area contributed by atoms with Gasteiger partial charge in [-0.05, 0) is 17.4 Å². The van der Waals surface area contributed by atoms with Crippen molar-refractivity contribution in [3.63, 3.8) is 0 Å². The summed E-state index contributed by atoms with van der Waals surface area (Å²) in [6.45, 7) is 1.67. The molecule has 0 fully saturated rings. The summed E-state index contributed by atoms with van der Waals surface area (Å²) in [6, 6.07) is -0.243. The molecular formula is C5H9N5O. The number of tetrazole rings is 1. The first-order valence-electron chi connectivity index (χ1n) is 3.09. The Labute approximate surface area is 63.8 Å². The maximum atomic E-state index is 11.2. The molecule has 0 aliphatic rings. The van der Waals surface area contributed by atoms with Gasteiger partial charge in [0, 0.05) is 14.1 Å². The maximum absolute atomic E-state index is 11.2. The van der Waals surface area contributed by atoms with E-state index in [2.05, 4.69) is 15.5 Å². The van der Waals surface area contributed by atoms with E-state index in [9.17, 15) is 4.79 Å². The van der Waals surface area contributed by atoms with E-state index in [4.69, 9.17) is 0 Å². The Bertz CT molecular complexity index is 266. The Balaban J connectivity index is 2.93. The summed E-state index contributed by atoms with van der Waals surface area (Å²) in [4.78, 5) is 12.6. The first kappa shape index (κ1) is 7.64. The van der Waals surface area contributed by atoms with Crippen molar-refractivity contribution in [3.05, 3.63) is 5.82 Å². The van der Waals surface area contributed by atoms with Gasteiger partial charge in [0.25, 0.3) is 0 Å². The fourth-order valence-electron chi connectivity index (χ4n) is 0.598. The van der Waals surface area contributed by atoms with Crippen molar-refractivity contribution in [2.75, 3.05) is 14.1 Å². The van der Waals surface area contributed by atoms with Crippen LogP contribution in [0.25, 0.3) is 0 Å². The number of hydrogen-bond acceptors (Lipinski definition) is 4. The van der Waals surface area contributed by atoms with Crippen molar-refractivity contribution in [1.82, 2.24) is 25.1 Å². The molecule has 0 aliphatic heterocycles. The number of aryl methyl sites for hydroxylation is 1. The zero-order valence-corrected chi connectivity index (χ0v) is 6.64. The molecule has 0 atom stereocenters. The Morgan fingerprint density at radius 3 is 2.55 bits per heavy atom. The van der Waals surface area contributed by atoms with Crippen LogP contribution in [-0.4, -0.2) is 45.2 Å². The van der Waals surface area contributed by atoms with Gasteiger partial charge in [0.05, 0.1) is 0 Å². The van der Waals surface area contributed by atoms with Crippen molar-refractivity contribution in [2.45, 2.75) is 6.92 Å². The molecule has 60 valence electrons. The Morgan fingerprint density at radius 1 is 1.55 bits per heavy atom. The van der Waals surface area contributed by atoms with Crippen molar-refractivity contribution in [2.24, 2.45) is 0 Å². The van der Waals surface area contributed by atoms with Gasteiger partial charge < -0.3 is 4.90 Å². The van der Waals surface area contributed by atoms with Crippen LogP contribution in [0, 0.1) is 6.92 Å². The molecule has 0 radical (unpaired) electrons. The zero-order valence-electron chi connectivity index (χ0n) is 6.64. The van der Waals surface area contributed by atoms with E-state index in [-0.39, 0.29) is 6.03 Å². The van der Waals surface area contributed by atoms with Crippen molar-refractivity contribution >= 4 is 6.03 Å². The predicted molar refractivity (Wildman–Crippen MR) is 37.0 cm³/mol. The van der Waals surface area contributed by atoms with Crippen LogP contribution in [0.4, 0.5) is 4.79 Å². The minimum Gasteiger partial charge on any atom is -0.329 e. The molecule has 0 bridgehead atoms. The molecule has 0 aliphatic carbocycles. The van der Waals surface area contributed by atoms with E-state index in [1.807, 2.05) is 0 Å². The molecule has 6 nitrogen and oxygen atoms in total.